The lowest BCUT2D eigenvalue weighted by Gasteiger charge is -2.33. The van der Waals surface area contributed by atoms with E-state index in [0.717, 1.165) is 0 Å². The van der Waals surface area contributed by atoms with E-state index in [1.807, 2.05) is 0 Å². The largest absolute Gasteiger partial charge is 0.494 e. The number of hydrogen-bond acceptors (Lipinski definition) is 6. The molecule has 0 unspecified atom stereocenters. The van der Waals surface area contributed by atoms with Crippen LogP contribution < -0.4 is 14.9 Å². The van der Waals surface area contributed by atoms with Crippen LogP contribution in [0.5, 0.6) is 11.5 Å². The van der Waals surface area contributed by atoms with Gasteiger partial charge in [0.1, 0.15) is 0 Å². The Morgan fingerprint density at radius 2 is 1.81 bits per heavy atom. The first-order chi connectivity index (χ1) is 10.00. The van der Waals surface area contributed by atoms with Gasteiger partial charge in [-0.2, -0.15) is 0 Å². The van der Waals surface area contributed by atoms with Gasteiger partial charge in [-0.05, 0) is 12.1 Å². The summed E-state index contributed by atoms with van der Waals surface area (Å²) in [4.78, 5) is 12.0. The number of hydrogen-bond donors (Lipinski definition) is 0. The van der Waals surface area contributed by atoms with Crippen LogP contribution in [0.1, 0.15) is 24.2 Å². The van der Waals surface area contributed by atoms with Crippen LogP contribution in [-0.2, 0) is 14.0 Å². The molecule has 1 aromatic rings. The van der Waals surface area contributed by atoms with Crippen molar-refractivity contribution < 1.29 is 28.3 Å². The molecule has 1 saturated heterocycles. The van der Waals surface area contributed by atoms with Crippen molar-refractivity contribution >= 4 is 18.6 Å². The Kier molecular flexibility index (Phi) is 3.55. The lowest BCUT2D eigenvalue weighted by Crippen LogP contribution is -2.49. The van der Waals surface area contributed by atoms with E-state index in [2.05, 4.69) is 13.8 Å². The van der Waals surface area contributed by atoms with Crippen LogP contribution in [0, 0.1) is 5.41 Å². The fourth-order valence-corrected chi connectivity index (χ4v) is 2.31. The summed E-state index contributed by atoms with van der Waals surface area (Å²) in [6.45, 7) is 5.35. The second kappa shape index (κ2) is 5.24. The van der Waals surface area contributed by atoms with Crippen LogP contribution in [0.15, 0.2) is 12.1 Å². The number of fused-ring (bicyclic) bond motifs is 1. The third-order valence-corrected chi connectivity index (χ3v) is 3.45. The summed E-state index contributed by atoms with van der Waals surface area (Å²) >= 11 is 0. The Bertz CT molecular complexity index is 561. The van der Waals surface area contributed by atoms with E-state index in [0.29, 0.717) is 35.7 Å². The Balaban J connectivity index is 1.95. The zero-order chi connectivity index (χ0) is 15.0. The van der Waals surface area contributed by atoms with Gasteiger partial charge in [-0.3, -0.25) is 0 Å². The van der Waals surface area contributed by atoms with Gasteiger partial charge in [0.05, 0.1) is 12.7 Å². The predicted molar refractivity (Wildman–Crippen MR) is 75.0 cm³/mol. The van der Waals surface area contributed by atoms with E-state index in [4.69, 9.17) is 23.5 Å². The molecule has 1 fully saturated rings. The number of esters is 1. The van der Waals surface area contributed by atoms with Gasteiger partial charge < -0.3 is 23.5 Å². The summed E-state index contributed by atoms with van der Waals surface area (Å²) in [6, 6.07) is 3.33. The molecule has 3 rings (SSSR count). The first kappa shape index (κ1) is 14.2. The average Bonchev–Trinajstić information content (AvgIpc) is 2.92. The molecule has 0 bridgehead atoms. The molecule has 2 aliphatic rings. The summed E-state index contributed by atoms with van der Waals surface area (Å²) < 4.78 is 27.0. The first-order valence-electron chi connectivity index (χ1n) is 6.75. The zero-order valence-corrected chi connectivity index (χ0v) is 12.3. The molecule has 7 heteroatoms. The number of carbonyl (C=O) groups is 1. The minimum Gasteiger partial charge on any atom is -0.465 e. The van der Waals surface area contributed by atoms with Crippen LogP contribution in [-0.4, -0.2) is 40.2 Å². The highest BCUT2D eigenvalue weighted by atomic mass is 16.7. The molecule has 0 saturated carbocycles. The second-order valence-corrected chi connectivity index (χ2v) is 5.90. The van der Waals surface area contributed by atoms with Crippen LogP contribution in [0.4, 0.5) is 0 Å². The van der Waals surface area contributed by atoms with Crippen molar-refractivity contribution in [2.24, 2.45) is 5.41 Å². The quantitative estimate of drug-likeness (QED) is 0.598. The van der Waals surface area contributed by atoms with E-state index in [1.165, 1.54) is 7.11 Å². The van der Waals surface area contributed by atoms with E-state index >= 15 is 0 Å². The normalized spacial score (nSPS) is 19.5. The van der Waals surface area contributed by atoms with Crippen molar-refractivity contribution in [2.75, 3.05) is 27.1 Å². The van der Waals surface area contributed by atoms with E-state index < -0.39 is 13.1 Å². The zero-order valence-electron chi connectivity index (χ0n) is 12.3. The monoisotopic (exact) mass is 292 g/mol. The average molecular weight is 292 g/mol. The van der Waals surface area contributed by atoms with Crippen molar-refractivity contribution in [2.45, 2.75) is 13.8 Å². The van der Waals surface area contributed by atoms with Gasteiger partial charge in [-0.15, -0.1) is 0 Å². The summed E-state index contributed by atoms with van der Waals surface area (Å²) in [5.41, 5.74) is 0.922. The molecule has 21 heavy (non-hydrogen) atoms. The maximum absolute atomic E-state index is 12.0. The lowest BCUT2D eigenvalue weighted by molar-refractivity contribution is 0.0340. The highest BCUT2D eigenvalue weighted by Crippen LogP contribution is 2.33. The van der Waals surface area contributed by atoms with Crippen molar-refractivity contribution in [3.63, 3.8) is 0 Å². The Hall–Kier alpha value is -1.73. The van der Waals surface area contributed by atoms with Gasteiger partial charge >= 0.3 is 13.1 Å². The highest BCUT2D eigenvalue weighted by molar-refractivity contribution is 6.63. The molecule has 0 N–H and O–H groups in total. The molecule has 0 radical (unpaired) electrons. The molecule has 0 spiro atoms. The lowest BCUT2D eigenvalue weighted by atomic mass is 9.73. The van der Waals surface area contributed by atoms with Gasteiger partial charge in [0, 0.05) is 24.1 Å². The number of carbonyl (C=O) groups excluding carboxylic acids is 1. The Morgan fingerprint density at radius 3 is 2.43 bits per heavy atom. The minimum atomic E-state index is -0.610. The number of ether oxygens (including phenoxy) is 3. The summed E-state index contributed by atoms with van der Waals surface area (Å²) in [6.07, 6.45) is 0. The second-order valence-electron chi connectivity index (χ2n) is 5.90. The third kappa shape index (κ3) is 2.71. The molecule has 0 aromatic heterocycles. The molecular formula is C14H17BO6. The van der Waals surface area contributed by atoms with E-state index in [-0.39, 0.29) is 12.2 Å². The third-order valence-electron chi connectivity index (χ3n) is 3.45. The summed E-state index contributed by atoms with van der Waals surface area (Å²) in [7, 11) is 0.726. The highest BCUT2D eigenvalue weighted by Gasteiger charge is 2.37. The topological polar surface area (TPSA) is 63.2 Å². The van der Waals surface area contributed by atoms with Gasteiger partial charge in [0.25, 0.3) is 0 Å². The fourth-order valence-electron chi connectivity index (χ4n) is 2.31. The first-order valence-corrected chi connectivity index (χ1v) is 6.75. The molecular weight excluding hydrogens is 275 g/mol. The maximum atomic E-state index is 12.0. The van der Waals surface area contributed by atoms with Crippen LogP contribution in [0.3, 0.4) is 0 Å². The molecule has 0 aliphatic carbocycles. The Morgan fingerprint density at radius 1 is 1.19 bits per heavy atom. The number of methoxy groups -OCH3 is 1. The van der Waals surface area contributed by atoms with Crippen molar-refractivity contribution in [3.8, 4) is 11.5 Å². The van der Waals surface area contributed by atoms with Crippen LogP contribution >= 0.6 is 0 Å². The van der Waals surface area contributed by atoms with Gasteiger partial charge in [0.15, 0.2) is 11.5 Å². The van der Waals surface area contributed by atoms with Gasteiger partial charge in [-0.1, -0.05) is 13.8 Å². The van der Waals surface area contributed by atoms with E-state index in [1.54, 1.807) is 12.1 Å². The SMILES string of the molecule is COC(=O)c1cc2c(cc1B1OCC(C)(C)CO1)OCO2. The number of benzene rings is 1. The van der Waals surface area contributed by atoms with Crippen molar-refractivity contribution in [3.05, 3.63) is 17.7 Å². The summed E-state index contributed by atoms with van der Waals surface area (Å²) in [5.74, 6) is 0.644. The molecule has 1 aromatic carbocycles. The van der Waals surface area contributed by atoms with Crippen molar-refractivity contribution in [1.82, 2.24) is 0 Å². The van der Waals surface area contributed by atoms with Crippen LogP contribution in [0.25, 0.3) is 0 Å². The molecule has 6 nitrogen and oxygen atoms in total. The fraction of sp³-hybridized carbons (Fsp3) is 0.500. The molecule has 0 atom stereocenters. The van der Waals surface area contributed by atoms with E-state index in [9.17, 15) is 4.79 Å². The summed E-state index contributed by atoms with van der Waals surface area (Å²) in [5, 5.41) is 0. The Labute approximate surface area is 123 Å². The minimum absolute atomic E-state index is 0.0434. The van der Waals surface area contributed by atoms with Crippen LogP contribution in [0.2, 0.25) is 0 Å². The molecule has 2 aliphatic heterocycles. The smallest absolute Gasteiger partial charge is 0.465 e. The van der Waals surface area contributed by atoms with Crippen molar-refractivity contribution in [1.29, 1.82) is 0 Å². The standard InChI is InChI=1S/C14H17BO6/c1-14(2)6-20-15(21-7-14)10-5-12-11(18-8-19-12)4-9(10)13(16)17-3/h4-5H,6-8H2,1-3H3. The molecule has 2 heterocycles. The van der Waals surface area contributed by atoms with Gasteiger partial charge in [0.2, 0.25) is 6.79 Å². The van der Waals surface area contributed by atoms with Gasteiger partial charge in [-0.25, -0.2) is 4.79 Å². The molecule has 0 amide bonds. The maximum Gasteiger partial charge on any atom is 0.494 e. The molecule has 112 valence electrons. The number of rotatable bonds is 2. The predicted octanol–water partition coefficient (Wildman–Crippen LogP) is 0.970.